The quantitative estimate of drug-likeness (QED) is 0.506. The van der Waals surface area contributed by atoms with Gasteiger partial charge in [0, 0.05) is 5.69 Å². The highest BCUT2D eigenvalue weighted by atomic mass is 16.5. The molecule has 1 atom stereocenters. The van der Waals surface area contributed by atoms with Gasteiger partial charge in [0.25, 0.3) is 5.91 Å². The highest BCUT2D eigenvalue weighted by Crippen LogP contribution is 2.26. The summed E-state index contributed by atoms with van der Waals surface area (Å²) < 4.78 is 5.38. The largest absolute Gasteiger partial charge is 0.455 e. The van der Waals surface area contributed by atoms with Crippen LogP contribution in [-0.2, 0) is 14.3 Å². The molecule has 0 saturated carbocycles. The lowest BCUT2D eigenvalue weighted by Crippen LogP contribution is -2.24. The van der Waals surface area contributed by atoms with Crippen molar-refractivity contribution in [2.75, 3.05) is 11.9 Å². The summed E-state index contributed by atoms with van der Waals surface area (Å²) in [5.41, 5.74) is 3.57. The fraction of sp³-hybridized carbons (Fsp3) is 0.231. The number of anilines is 1. The summed E-state index contributed by atoms with van der Waals surface area (Å²) in [5.74, 6) is -0.909. The lowest BCUT2D eigenvalue weighted by atomic mass is 9.91. The predicted octanol–water partition coefficient (Wildman–Crippen LogP) is 5.51. The standard InChI is InChI=1S/C26H27NO3/c1-3-19(2)20-14-16-23(17-15-20)27-24(28)18-30-26(29)25(21-10-6-4-7-11-21)22-12-8-5-9-13-22/h4-17,19,25H,3,18H2,1-2H3,(H,27,28)/t19-/m0/s1. The molecular formula is C26H27NO3. The molecule has 0 unspecified atom stereocenters. The Labute approximate surface area is 177 Å². The summed E-state index contributed by atoms with van der Waals surface area (Å²) in [4.78, 5) is 25.2. The molecule has 1 N–H and O–H groups in total. The fourth-order valence-electron chi connectivity index (χ4n) is 3.30. The Bertz CT molecular complexity index is 913. The first kappa shape index (κ1) is 21.3. The Morgan fingerprint density at radius 2 is 1.33 bits per heavy atom. The molecule has 0 aliphatic rings. The topological polar surface area (TPSA) is 55.4 Å². The van der Waals surface area contributed by atoms with Gasteiger partial charge in [0.05, 0.1) is 0 Å². The van der Waals surface area contributed by atoms with Crippen LogP contribution in [0.4, 0.5) is 5.69 Å². The van der Waals surface area contributed by atoms with Crippen molar-refractivity contribution in [3.63, 3.8) is 0 Å². The van der Waals surface area contributed by atoms with Crippen LogP contribution in [0.3, 0.4) is 0 Å². The van der Waals surface area contributed by atoms with Gasteiger partial charge in [-0.3, -0.25) is 9.59 Å². The third kappa shape index (κ3) is 5.57. The van der Waals surface area contributed by atoms with Crippen LogP contribution in [0.1, 0.15) is 48.8 Å². The molecule has 3 aromatic carbocycles. The molecule has 30 heavy (non-hydrogen) atoms. The van der Waals surface area contributed by atoms with E-state index in [1.54, 1.807) is 0 Å². The molecule has 0 bridgehead atoms. The second kappa shape index (κ2) is 10.4. The summed E-state index contributed by atoms with van der Waals surface area (Å²) in [5, 5.41) is 2.78. The van der Waals surface area contributed by atoms with Crippen LogP contribution in [0.15, 0.2) is 84.9 Å². The zero-order valence-corrected chi connectivity index (χ0v) is 17.4. The molecule has 0 aliphatic carbocycles. The van der Waals surface area contributed by atoms with E-state index < -0.39 is 11.9 Å². The van der Waals surface area contributed by atoms with E-state index in [1.807, 2.05) is 84.9 Å². The molecule has 0 heterocycles. The van der Waals surface area contributed by atoms with Crippen LogP contribution in [0.2, 0.25) is 0 Å². The van der Waals surface area contributed by atoms with E-state index in [-0.39, 0.29) is 12.5 Å². The van der Waals surface area contributed by atoms with E-state index in [4.69, 9.17) is 4.74 Å². The first-order valence-corrected chi connectivity index (χ1v) is 10.2. The summed E-state index contributed by atoms with van der Waals surface area (Å²) in [6.45, 7) is 3.98. The Kier molecular flexibility index (Phi) is 7.39. The lowest BCUT2D eigenvalue weighted by Gasteiger charge is -2.17. The molecule has 154 valence electrons. The van der Waals surface area contributed by atoms with Gasteiger partial charge in [0.1, 0.15) is 5.92 Å². The number of carbonyl (C=O) groups excluding carboxylic acids is 2. The number of carbonyl (C=O) groups is 2. The molecule has 4 heteroatoms. The minimum absolute atomic E-state index is 0.331. The van der Waals surface area contributed by atoms with Crippen molar-refractivity contribution in [2.45, 2.75) is 32.1 Å². The van der Waals surface area contributed by atoms with Gasteiger partial charge in [0.15, 0.2) is 6.61 Å². The first-order valence-electron chi connectivity index (χ1n) is 10.2. The first-order chi connectivity index (χ1) is 14.6. The number of hydrogen-bond donors (Lipinski definition) is 1. The average Bonchev–Trinajstić information content (AvgIpc) is 2.79. The molecule has 0 aliphatic heterocycles. The van der Waals surface area contributed by atoms with E-state index in [0.29, 0.717) is 11.6 Å². The van der Waals surface area contributed by atoms with Crippen LogP contribution in [0, 0.1) is 0 Å². The highest BCUT2D eigenvalue weighted by Gasteiger charge is 2.24. The van der Waals surface area contributed by atoms with Crippen LogP contribution >= 0.6 is 0 Å². The number of nitrogens with one attached hydrogen (secondary N) is 1. The highest BCUT2D eigenvalue weighted by molar-refractivity contribution is 5.93. The summed E-state index contributed by atoms with van der Waals surface area (Å²) in [6, 6.07) is 26.6. The van der Waals surface area contributed by atoms with Crippen LogP contribution in [0.5, 0.6) is 0 Å². The van der Waals surface area contributed by atoms with E-state index in [0.717, 1.165) is 17.5 Å². The Balaban J connectivity index is 1.63. The molecule has 0 saturated heterocycles. The van der Waals surface area contributed by atoms with Gasteiger partial charge in [-0.15, -0.1) is 0 Å². The number of rotatable bonds is 8. The molecule has 4 nitrogen and oxygen atoms in total. The van der Waals surface area contributed by atoms with Gasteiger partial charge in [-0.05, 0) is 41.2 Å². The number of ether oxygens (including phenoxy) is 1. The maximum atomic E-state index is 12.9. The Morgan fingerprint density at radius 3 is 1.83 bits per heavy atom. The summed E-state index contributed by atoms with van der Waals surface area (Å²) in [6.07, 6.45) is 1.06. The van der Waals surface area contributed by atoms with Gasteiger partial charge in [-0.1, -0.05) is 86.6 Å². The van der Waals surface area contributed by atoms with E-state index in [9.17, 15) is 9.59 Å². The SMILES string of the molecule is CC[C@H](C)c1ccc(NC(=O)COC(=O)C(c2ccccc2)c2ccccc2)cc1. The Hall–Kier alpha value is -3.40. The molecule has 3 aromatic rings. The van der Waals surface area contributed by atoms with E-state index in [2.05, 4.69) is 19.2 Å². The van der Waals surface area contributed by atoms with Crippen molar-refractivity contribution in [2.24, 2.45) is 0 Å². The van der Waals surface area contributed by atoms with Gasteiger partial charge < -0.3 is 10.1 Å². The zero-order valence-electron chi connectivity index (χ0n) is 17.4. The van der Waals surface area contributed by atoms with Gasteiger partial charge in [-0.2, -0.15) is 0 Å². The van der Waals surface area contributed by atoms with Crippen molar-refractivity contribution < 1.29 is 14.3 Å². The zero-order chi connectivity index (χ0) is 21.3. The second-order valence-electron chi connectivity index (χ2n) is 7.34. The number of benzene rings is 3. The molecule has 0 aromatic heterocycles. The molecule has 0 radical (unpaired) electrons. The number of hydrogen-bond acceptors (Lipinski definition) is 3. The third-order valence-corrected chi connectivity index (χ3v) is 5.22. The molecule has 1 amide bonds. The van der Waals surface area contributed by atoms with Crippen LogP contribution in [0.25, 0.3) is 0 Å². The molecule has 0 fully saturated rings. The monoisotopic (exact) mass is 401 g/mol. The number of esters is 1. The normalized spacial score (nSPS) is 11.7. The smallest absolute Gasteiger partial charge is 0.318 e. The second-order valence-corrected chi connectivity index (χ2v) is 7.34. The molecule has 0 spiro atoms. The maximum Gasteiger partial charge on any atom is 0.318 e. The van der Waals surface area contributed by atoms with E-state index in [1.165, 1.54) is 5.56 Å². The van der Waals surface area contributed by atoms with Crippen LogP contribution in [-0.4, -0.2) is 18.5 Å². The summed E-state index contributed by atoms with van der Waals surface area (Å²) >= 11 is 0. The molecule has 3 rings (SSSR count). The van der Waals surface area contributed by atoms with Crippen molar-refractivity contribution in [3.05, 3.63) is 102 Å². The van der Waals surface area contributed by atoms with Crippen molar-refractivity contribution in [1.29, 1.82) is 0 Å². The maximum absolute atomic E-state index is 12.9. The van der Waals surface area contributed by atoms with Crippen molar-refractivity contribution in [3.8, 4) is 0 Å². The van der Waals surface area contributed by atoms with Crippen molar-refractivity contribution in [1.82, 2.24) is 0 Å². The fourth-order valence-corrected chi connectivity index (χ4v) is 3.30. The van der Waals surface area contributed by atoms with E-state index >= 15 is 0 Å². The lowest BCUT2D eigenvalue weighted by molar-refractivity contribution is -0.147. The Morgan fingerprint density at radius 1 is 0.800 bits per heavy atom. The minimum Gasteiger partial charge on any atom is -0.455 e. The van der Waals surface area contributed by atoms with Crippen molar-refractivity contribution >= 4 is 17.6 Å². The predicted molar refractivity (Wildman–Crippen MR) is 119 cm³/mol. The van der Waals surface area contributed by atoms with Gasteiger partial charge in [-0.25, -0.2) is 0 Å². The third-order valence-electron chi connectivity index (χ3n) is 5.22. The minimum atomic E-state index is -0.574. The van der Waals surface area contributed by atoms with Gasteiger partial charge in [0.2, 0.25) is 0 Å². The number of amides is 1. The molecular weight excluding hydrogens is 374 g/mol. The summed E-state index contributed by atoms with van der Waals surface area (Å²) in [7, 11) is 0. The van der Waals surface area contributed by atoms with Gasteiger partial charge >= 0.3 is 5.97 Å². The van der Waals surface area contributed by atoms with Crippen LogP contribution < -0.4 is 5.32 Å². The average molecular weight is 402 g/mol.